The van der Waals surface area contributed by atoms with E-state index in [1.807, 2.05) is 31.2 Å². The molecule has 0 amide bonds. The van der Waals surface area contributed by atoms with Crippen molar-refractivity contribution in [2.45, 2.75) is 38.7 Å². The number of anilines is 3. The van der Waals surface area contributed by atoms with Gasteiger partial charge in [-0.2, -0.15) is 0 Å². The molecule has 0 spiro atoms. The van der Waals surface area contributed by atoms with Gasteiger partial charge >= 0.3 is 5.97 Å². The molecule has 5 heterocycles. The molecule has 1 aromatic carbocycles. The molecule has 2 aliphatic rings. The topological polar surface area (TPSA) is 118 Å². The third-order valence-corrected chi connectivity index (χ3v) is 7.45. The molecule has 210 valence electrons. The van der Waals surface area contributed by atoms with E-state index in [2.05, 4.69) is 59.7 Å². The fourth-order valence-corrected chi connectivity index (χ4v) is 5.30. The number of esters is 1. The Morgan fingerprint density at radius 2 is 1.83 bits per heavy atom. The highest BCUT2D eigenvalue weighted by Crippen LogP contribution is 2.26. The van der Waals surface area contributed by atoms with Crippen molar-refractivity contribution in [3.05, 3.63) is 84.1 Å². The Kier molecular flexibility index (Phi) is 8.09. The highest BCUT2D eigenvalue weighted by Gasteiger charge is 2.30. The zero-order chi connectivity index (χ0) is 28.0. The van der Waals surface area contributed by atoms with Crippen LogP contribution in [0.15, 0.2) is 67.0 Å². The number of rotatable bonds is 8. The molecule has 2 atom stereocenters. The number of aromatic nitrogens is 5. The van der Waals surface area contributed by atoms with Crippen LogP contribution in [0.4, 0.5) is 17.3 Å². The predicted octanol–water partition coefficient (Wildman–Crippen LogP) is 4.09. The molecule has 2 N–H and O–H groups in total. The number of ether oxygens (including phenoxy) is 1. The van der Waals surface area contributed by atoms with E-state index in [-0.39, 0.29) is 18.0 Å². The Hall–Kier alpha value is -4.44. The summed E-state index contributed by atoms with van der Waals surface area (Å²) in [6.45, 7) is 5.26. The number of piperidine rings is 1. The van der Waals surface area contributed by atoms with Gasteiger partial charge in [0.25, 0.3) is 0 Å². The SMILES string of the molecule is Cc1cccc(-c2nccc(Nc3ccnc(Cc4ccc(N5CCCC(C(=O)O[C@H]6CCNC6)C5)cc4)n3)n2)n1. The van der Waals surface area contributed by atoms with Crippen LogP contribution in [-0.2, 0) is 16.0 Å². The van der Waals surface area contributed by atoms with Crippen LogP contribution in [0.3, 0.4) is 0 Å². The minimum atomic E-state index is -0.0771. The summed E-state index contributed by atoms with van der Waals surface area (Å²) in [5.74, 6) is 2.42. The van der Waals surface area contributed by atoms with E-state index in [0.717, 1.165) is 61.5 Å². The lowest BCUT2D eigenvalue weighted by molar-refractivity contribution is -0.153. The molecule has 4 aromatic rings. The average Bonchev–Trinajstić information content (AvgIpc) is 3.51. The number of aryl methyl sites for hydroxylation is 1. The van der Waals surface area contributed by atoms with Gasteiger partial charge in [-0.1, -0.05) is 18.2 Å². The van der Waals surface area contributed by atoms with E-state index >= 15 is 0 Å². The summed E-state index contributed by atoms with van der Waals surface area (Å²) in [5, 5.41) is 6.52. The number of benzene rings is 1. The molecule has 2 saturated heterocycles. The van der Waals surface area contributed by atoms with Crippen LogP contribution in [0.2, 0.25) is 0 Å². The van der Waals surface area contributed by atoms with Crippen LogP contribution in [0.25, 0.3) is 11.5 Å². The molecule has 10 heteroatoms. The maximum atomic E-state index is 12.7. The normalized spacial score (nSPS) is 18.7. The largest absolute Gasteiger partial charge is 0.461 e. The third-order valence-electron chi connectivity index (χ3n) is 7.45. The third kappa shape index (κ3) is 6.83. The first-order valence-corrected chi connectivity index (χ1v) is 14.2. The predicted molar refractivity (Wildman–Crippen MR) is 157 cm³/mol. The van der Waals surface area contributed by atoms with Crippen molar-refractivity contribution in [3.8, 4) is 11.5 Å². The zero-order valence-corrected chi connectivity index (χ0v) is 23.2. The Balaban J connectivity index is 1.07. The van der Waals surface area contributed by atoms with Crippen molar-refractivity contribution in [1.29, 1.82) is 0 Å². The highest BCUT2D eigenvalue weighted by atomic mass is 16.5. The Morgan fingerprint density at radius 1 is 1.00 bits per heavy atom. The molecule has 6 rings (SSSR count). The van der Waals surface area contributed by atoms with Crippen molar-refractivity contribution in [2.75, 3.05) is 36.4 Å². The average molecular weight is 551 g/mol. The minimum absolute atomic E-state index is 0.0161. The first kappa shape index (κ1) is 26.8. The Labute approximate surface area is 239 Å². The van der Waals surface area contributed by atoms with Gasteiger partial charge in [0.05, 0.1) is 5.92 Å². The van der Waals surface area contributed by atoms with Gasteiger partial charge in [0, 0.05) is 49.8 Å². The zero-order valence-electron chi connectivity index (χ0n) is 23.2. The molecule has 0 radical (unpaired) electrons. The monoisotopic (exact) mass is 550 g/mol. The van der Waals surface area contributed by atoms with Gasteiger partial charge in [0.15, 0.2) is 5.82 Å². The standard InChI is InChI=1S/C31H34N8O2/c1-21-4-2-6-26(35-21)30-34-16-13-28(38-30)36-27-12-15-33-29(37-27)18-22-7-9-24(10-8-22)39-17-3-5-23(20-39)31(40)41-25-11-14-32-19-25/h2,4,6-10,12-13,15-16,23,25,32H,3,5,11,14,17-20H2,1H3,(H,33,34,36,37,38)/t23?,25-/m0/s1. The molecule has 0 aliphatic carbocycles. The van der Waals surface area contributed by atoms with Crippen LogP contribution in [0.1, 0.15) is 36.3 Å². The lowest BCUT2D eigenvalue weighted by atomic mass is 9.97. The van der Waals surface area contributed by atoms with E-state index in [0.29, 0.717) is 36.3 Å². The van der Waals surface area contributed by atoms with Gasteiger partial charge in [-0.3, -0.25) is 4.79 Å². The van der Waals surface area contributed by atoms with Crippen LogP contribution in [0, 0.1) is 12.8 Å². The summed E-state index contributed by atoms with van der Waals surface area (Å²) >= 11 is 0. The number of hydrogen-bond donors (Lipinski definition) is 2. The van der Waals surface area contributed by atoms with E-state index in [1.165, 1.54) is 0 Å². The first-order valence-electron chi connectivity index (χ1n) is 14.2. The molecule has 3 aromatic heterocycles. The fourth-order valence-electron chi connectivity index (χ4n) is 5.30. The van der Waals surface area contributed by atoms with Crippen molar-refractivity contribution >= 4 is 23.3 Å². The maximum absolute atomic E-state index is 12.7. The molecule has 0 bridgehead atoms. The first-order chi connectivity index (χ1) is 20.1. The van der Waals surface area contributed by atoms with Crippen LogP contribution in [0.5, 0.6) is 0 Å². The number of carbonyl (C=O) groups is 1. The van der Waals surface area contributed by atoms with Gasteiger partial charge in [-0.05, 0) is 74.7 Å². The smallest absolute Gasteiger partial charge is 0.311 e. The van der Waals surface area contributed by atoms with E-state index in [9.17, 15) is 4.79 Å². The second-order valence-corrected chi connectivity index (χ2v) is 10.6. The van der Waals surface area contributed by atoms with Gasteiger partial charge in [-0.25, -0.2) is 24.9 Å². The Morgan fingerprint density at radius 3 is 2.63 bits per heavy atom. The van der Waals surface area contributed by atoms with Gasteiger partial charge in [0.1, 0.15) is 29.3 Å². The highest BCUT2D eigenvalue weighted by molar-refractivity contribution is 5.74. The number of carbonyl (C=O) groups excluding carboxylic acids is 1. The van der Waals surface area contributed by atoms with Crippen molar-refractivity contribution < 1.29 is 9.53 Å². The van der Waals surface area contributed by atoms with Crippen molar-refractivity contribution in [1.82, 2.24) is 30.2 Å². The summed E-state index contributed by atoms with van der Waals surface area (Å²) in [4.78, 5) is 37.7. The molecule has 2 aliphatic heterocycles. The minimum Gasteiger partial charge on any atom is -0.461 e. The number of nitrogens with zero attached hydrogens (tertiary/aromatic N) is 6. The van der Waals surface area contributed by atoms with Crippen molar-refractivity contribution in [2.24, 2.45) is 5.92 Å². The summed E-state index contributed by atoms with van der Waals surface area (Å²) in [6.07, 6.45) is 6.84. The van der Waals surface area contributed by atoms with E-state index < -0.39 is 0 Å². The van der Waals surface area contributed by atoms with E-state index in [1.54, 1.807) is 18.5 Å². The van der Waals surface area contributed by atoms with Gasteiger partial charge in [0.2, 0.25) is 0 Å². The molecule has 1 unspecified atom stereocenters. The van der Waals surface area contributed by atoms with Crippen LogP contribution < -0.4 is 15.5 Å². The number of hydrogen-bond acceptors (Lipinski definition) is 10. The maximum Gasteiger partial charge on any atom is 0.311 e. The molecular weight excluding hydrogens is 516 g/mol. The van der Waals surface area contributed by atoms with Gasteiger partial charge < -0.3 is 20.3 Å². The van der Waals surface area contributed by atoms with Gasteiger partial charge in [-0.15, -0.1) is 0 Å². The molecule has 10 nitrogen and oxygen atoms in total. The summed E-state index contributed by atoms with van der Waals surface area (Å²) < 4.78 is 5.74. The second kappa shape index (κ2) is 12.4. The lowest BCUT2D eigenvalue weighted by Gasteiger charge is -2.33. The molecule has 41 heavy (non-hydrogen) atoms. The second-order valence-electron chi connectivity index (χ2n) is 10.6. The number of nitrogens with one attached hydrogen (secondary N) is 2. The summed E-state index contributed by atoms with van der Waals surface area (Å²) in [6, 6.07) is 17.9. The molecule has 2 fully saturated rings. The van der Waals surface area contributed by atoms with Crippen LogP contribution in [-0.4, -0.2) is 63.2 Å². The lowest BCUT2D eigenvalue weighted by Crippen LogP contribution is -2.40. The Bertz CT molecular complexity index is 1490. The molecular formula is C31H34N8O2. The quantitative estimate of drug-likeness (QED) is 0.311. The van der Waals surface area contributed by atoms with E-state index in [4.69, 9.17) is 9.72 Å². The van der Waals surface area contributed by atoms with Crippen LogP contribution >= 0.6 is 0 Å². The fraction of sp³-hybridized carbons (Fsp3) is 0.355. The molecule has 0 saturated carbocycles. The summed E-state index contributed by atoms with van der Waals surface area (Å²) in [5.41, 5.74) is 3.87. The number of pyridine rings is 1. The van der Waals surface area contributed by atoms with Crippen molar-refractivity contribution in [3.63, 3.8) is 0 Å². The summed E-state index contributed by atoms with van der Waals surface area (Å²) in [7, 11) is 0.